The summed E-state index contributed by atoms with van der Waals surface area (Å²) in [6, 6.07) is 54.1. The molecule has 0 amide bonds. The molecule has 0 N–H and O–H groups in total. The van der Waals surface area contributed by atoms with Gasteiger partial charge in [0.25, 0.3) is 0 Å². The van der Waals surface area contributed by atoms with Crippen LogP contribution in [0.3, 0.4) is 0 Å². The highest BCUT2D eigenvalue weighted by Gasteiger charge is 2.19. The van der Waals surface area contributed by atoms with E-state index in [0.29, 0.717) is 0 Å². The van der Waals surface area contributed by atoms with Crippen LogP contribution in [0.2, 0.25) is 0 Å². The Kier molecular flexibility index (Phi) is 5.28. The molecule has 0 fully saturated rings. The third-order valence-corrected chi connectivity index (χ3v) is 9.43. The summed E-state index contributed by atoms with van der Waals surface area (Å²) in [5.41, 5.74) is 9.72. The number of hydrogen-bond acceptors (Lipinski definition) is 2. The van der Waals surface area contributed by atoms with Gasteiger partial charge in [-0.2, -0.15) is 0 Å². The number of para-hydroxylation sites is 1. The quantitative estimate of drug-likeness (QED) is 0.193. The van der Waals surface area contributed by atoms with E-state index in [0.717, 1.165) is 49.7 Å². The van der Waals surface area contributed by atoms with E-state index >= 15 is 0 Å². The predicted molar refractivity (Wildman–Crippen MR) is 192 cm³/mol. The molecule has 3 nitrogen and oxygen atoms in total. The summed E-state index contributed by atoms with van der Waals surface area (Å²) in [5.74, 6) is 0. The second kappa shape index (κ2) is 9.65. The molecule has 46 heavy (non-hydrogen) atoms. The van der Waals surface area contributed by atoms with Crippen LogP contribution in [0.25, 0.3) is 93.4 Å². The molecular formula is C43H26N2O. The molecule has 0 radical (unpaired) electrons. The molecule has 0 bridgehead atoms. The number of aromatic nitrogens is 2. The molecule has 3 aromatic heterocycles. The molecule has 0 saturated carbocycles. The van der Waals surface area contributed by atoms with Crippen LogP contribution >= 0.6 is 0 Å². The van der Waals surface area contributed by atoms with Crippen molar-refractivity contribution in [1.29, 1.82) is 0 Å². The number of hydrogen-bond donors (Lipinski definition) is 0. The van der Waals surface area contributed by atoms with E-state index in [-0.39, 0.29) is 0 Å². The Balaban J connectivity index is 1.20. The van der Waals surface area contributed by atoms with Gasteiger partial charge in [0.15, 0.2) is 0 Å². The van der Waals surface area contributed by atoms with Gasteiger partial charge in [0.05, 0.1) is 11.2 Å². The van der Waals surface area contributed by atoms with Crippen LogP contribution in [0.15, 0.2) is 162 Å². The Morgan fingerprint density at radius 3 is 1.70 bits per heavy atom. The first kappa shape index (κ1) is 25.2. The minimum Gasteiger partial charge on any atom is -0.456 e. The average molecular weight is 587 g/mol. The van der Waals surface area contributed by atoms with E-state index in [2.05, 4.69) is 150 Å². The molecule has 214 valence electrons. The fourth-order valence-corrected chi connectivity index (χ4v) is 7.47. The molecule has 3 heteroatoms. The largest absolute Gasteiger partial charge is 0.456 e. The molecule has 0 atom stereocenters. The first-order chi connectivity index (χ1) is 22.8. The van der Waals surface area contributed by atoms with Gasteiger partial charge in [0.1, 0.15) is 16.8 Å². The Labute approximate surface area is 264 Å². The van der Waals surface area contributed by atoms with Crippen molar-refractivity contribution < 1.29 is 4.42 Å². The third kappa shape index (κ3) is 3.57. The summed E-state index contributed by atoms with van der Waals surface area (Å²) in [4.78, 5) is 4.77. The van der Waals surface area contributed by atoms with Crippen LogP contribution in [-0.4, -0.2) is 9.55 Å². The maximum Gasteiger partial charge on any atom is 0.145 e. The van der Waals surface area contributed by atoms with Crippen molar-refractivity contribution in [2.45, 2.75) is 0 Å². The predicted octanol–water partition coefficient (Wildman–Crippen LogP) is 11.7. The molecule has 0 saturated heterocycles. The van der Waals surface area contributed by atoms with Gasteiger partial charge in [-0.05, 0) is 86.3 Å². The number of fused-ring (bicyclic) bond motifs is 8. The van der Waals surface area contributed by atoms with Gasteiger partial charge in [0, 0.05) is 33.8 Å². The lowest BCUT2D eigenvalue weighted by Gasteiger charge is -2.17. The minimum atomic E-state index is 0.862. The second-order valence-electron chi connectivity index (χ2n) is 11.9. The summed E-state index contributed by atoms with van der Waals surface area (Å²) in [6.07, 6.45) is 1.86. The normalized spacial score (nSPS) is 11.9. The average Bonchev–Trinajstić information content (AvgIpc) is 3.65. The van der Waals surface area contributed by atoms with Crippen molar-refractivity contribution in [2.75, 3.05) is 0 Å². The van der Waals surface area contributed by atoms with Gasteiger partial charge in [0.2, 0.25) is 0 Å². The Morgan fingerprint density at radius 1 is 0.413 bits per heavy atom. The summed E-state index contributed by atoms with van der Waals surface area (Å²) in [6.45, 7) is 0. The highest BCUT2D eigenvalue weighted by Crippen LogP contribution is 2.44. The van der Waals surface area contributed by atoms with E-state index < -0.39 is 0 Å². The SMILES string of the molecule is c1ccc(-c2c3ccccc3c(-c3ccc4c(c3)oc3cc(-n5c6ccccc6c6cccnc65)ccc34)c3ccccc23)cc1. The molecule has 10 rings (SSSR count). The molecule has 0 aliphatic heterocycles. The monoisotopic (exact) mass is 586 g/mol. The number of benzene rings is 7. The van der Waals surface area contributed by atoms with E-state index in [1.54, 1.807) is 0 Å². The fourth-order valence-electron chi connectivity index (χ4n) is 7.47. The molecule has 0 aliphatic carbocycles. The molecule has 0 unspecified atom stereocenters. The van der Waals surface area contributed by atoms with Crippen molar-refractivity contribution in [3.05, 3.63) is 158 Å². The fraction of sp³-hybridized carbons (Fsp3) is 0. The van der Waals surface area contributed by atoms with Gasteiger partial charge in [-0.25, -0.2) is 4.98 Å². The first-order valence-corrected chi connectivity index (χ1v) is 15.6. The van der Waals surface area contributed by atoms with Gasteiger partial charge in [-0.3, -0.25) is 4.57 Å². The number of nitrogens with zero attached hydrogens (tertiary/aromatic N) is 2. The topological polar surface area (TPSA) is 31.0 Å². The number of rotatable bonds is 3. The summed E-state index contributed by atoms with van der Waals surface area (Å²) in [7, 11) is 0. The molecular weight excluding hydrogens is 560 g/mol. The van der Waals surface area contributed by atoms with Crippen LogP contribution in [0.1, 0.15) is 0 Å². The van der Waals surface area contributed by atoms with Crippen molar-refractivity contribution >= 4 is 65.4 Å². The summed E-state index contributed by atoms with van der Waals surface area (Å²) in [5, 5.41) is 9.51. The van der Waals surface area contributed by atoms with Gasteiger partial charge in [-0.1, -0.05) is 103 Å². The maximum absolute atomic E-state index is 6.66. The van der Waals surface area contributed by atoms with E-state index in [1.165, 1.54) is 43.6 Å². The standard InChI is InChI=1S/C43H26N2O/c1-2-11-27(12-3-1)41-33-14-4-6-16-35(33)42(36-17-7-5-15-34(36)41)28-20-22-31-32-23-21-29(26-40(32)46-39(31)25-28)45-38-19-9-8-13-30(38)37-18-10-24-44-43(37)45/h1-26H. The summed E-state index contributed by atoms with van der Waals surface area (Å²) < 4.78 is 8.89. The third-order valence-electron chi connectivity index (χ3n) is 9.43. The van der Waals surface area contributed by atoms with Gasteiger partial charge >= 0.3 is 0 Å². The van der Waals surface area contributed by atoms with Crippen LogP contribution in [-0.2, 0) is 0 Å². The van der Waals surface area contributed by atoms with Gasteiger partial charge < -0.3 is 4.42 Å². The highest BCUT2D eigenvalue weighted by atomic mass is 16.3. The second-order valence-corrected chi connectivity index (χ2v) is 11.9. The molecule has 0 spiro atoms. The summed E-state index contributed by atoms with van der Waals surface area (Å²) >= 11 is 0. The van der Waals surface area contributed by atoms with Gasteiger partial charge in [-0.15, -0.1) is 0 Å². The maximum atomic E-state index is 6.66. The van der Waals surface area contributed by atoms with Crippen molar-refractivity contribution in [2.24, 2.45) is 0 Å². The van der Waals surface area contributed by atoms with Crippen molar-refractivity contribution in [3.8, 4) is 27.9 Å². The van der Waals surface area contributed by atoms with Crippen molar-refractivity contribution in [3.63, 3.8) is 0 Å². The number of furan rings is 1. The Bertz CT molecular complexity index is 2690. The number of pyridine rings is 1. The van der Waals surface area contributed by atoms with Crippen LogP contribution in [0, 0.1) is 0 Å². The zero-order chi connectivity index (χ0) is 30.2. The van der Waals surface area contributed by atoms with E-state index in [9.17, 15) is 0 Å². The zero-order valence-electron chi connectivity index (χ0n) is 24.8. The lowest BCUT2D eigenvalue weighted by molar-refractivity contribution is 0.669. The molecule has 10 aromatic rings. The zero-order valence-corrected chi connectivity index (χ0v) is 24.8. The van der Waals surface area contributed by atoms with E-state index in [1.807, 2.05) is 12.3 Å². The van der Waals surface area contributed by atoms with Crippen LogP contribution in [0.4, 0.5) is 0 Å². The van der Waals surface area contributed by atoms with Crippen LogP contribution in [0.5, 0.6) is 0 Å². The lowest BCUT2D eigenvalue weighted by atomic mass is 9.86. The molecule has 0 aliphatic rings. The lowest BCUT2D eigenvalue weighted by Crippen LogP contribution is -1.94. The first-order valence-electron chi connectivity index (χ1n) is 15.6. The van der Waals surface area contributed by atoms with E-state index in [4.69, 9.17) is 9.40 Å². The molecule has 7 aromatic carbocycles. The van der Waals surface area contributed by atoms with Crippen molar-refractivity contribution in [1.82, 2.24) is 9.55 Å². The Morgan fingerprint density at radius 2 is 0.978 bits per heavy atom. The van der Waals surface area contributed by atoms with Crippen LogP contribution < -0.4 is 0 Å². The molecule has 3 heterocycles. The highest BCUT2D eigenvalue weighted by molar-refractivity contribution is 6.22. The Hall–Kier alpha value is -6.19. The smallest absolute Gasteiger partial charge is 0.145 e. The minimum absolute atomic E-state index is 0.862.